The summed E-state index contributed by atoms with van der Waals surface area (Å²) in [5, 5.41) is 4.07. The molecule has 0 aliphatic heterocycles. The van der Waals surface area contributed by atoms with E-state index in [-0.39, 0.29) is 22.8 Å². The van der Waals surface area contributed by atoms with E-state index in [1.165, 1.54) is 12.3 Å². The van der Waals surface area contributed by atoms with Gasteiger partial charge in [0.15, 0.2) is 5.78 Å². The molecule has 0 aliphatic rings. The summed E-state index contributed by atoms with van der Waals surface area (Å²) in [6.45, 7) is 0. The smallest absolute Gasteiger partial charge is 0.171 e. The topological polar surface area (TPSA) is 47.3 Å². The number of Topliss-reactive ketones (excluding diaryl/α,β-unsaturated/α-hetero) is 1. The van der Waals surface area contributed by atoms with Gasteiger partial charge < -0.3 is 0 Å². The van der Waals surface area contributed by atoms with Crippen LogP contribution in [0.2, 0.25) is 5.02 Å². The van der Waals surface area contributed by atoms with E-state index < -0.39 is 5.82 Å². The molecule has 0 spiro atoms. The van der Waals surface area contributed by atoms with Gasteiger partial charge in [0, 0.05) is 18.8 Å². The van der Waals surface area contributed by atoms with Crippen LogP contribution in [0.25, 0.3) is 5.52 Å². The first kappa shape index (κ1) is 12.7. The van der Waals surface area contributed by atoms with E-state index in [0.717, 1.165) is 0 Å². The molecular formula is C14H9ClFN3O. The van der Waals surface area contributed by atoms with Crippen molar-refractivity contribution in [2.75, 3.05) is 0 Å². The Labute approximate surface area is 118 Å². The zero-order valence-corrected chi connectivity index (χ0v) is 11.0. The largest absolute Gasteiger partial charge is 0.294 e. The Balaban J connectivity index is 1.95. The van der Waals surface area contributed by atoms with E-state index in [1.807, 2.05) is 0 Å². The lowest BCUT2D eigenvalue weighted by Gasteiger charge is -2.03. The van der Waals surface area contributed by atoms with E-state index in [9.17, 15) is 9.18 Å². The number of ketones is 1. The molecule has 0 fully saturated rings. The maximum Gasteiger partial charge on any atom is 0.171 e. The summed E-state index contributed by atoms with van der Waals surface area (Å²) >= 11 is 5.70. The van der Waals surface area contributed by atoms with Crippen molar-refractivity contribution >= 4 is 22.9 Å². The first-order valence-corrected chi connectivity index (χ1v) is 6.28. The van der Waals surface area contributed by atoms with Crippen LogP contribution in [-0.4, -0.2) is 20.4 Å². The van der Waals surface area contributed by atoms with Crippen molar-refractivity contribution in [1.29, 1.82) is 0 Å². The number of halogens is 2. The van der Waals surface area contributed by atoms with Crippen molar-refractivity contribution in [1.82, 2.24) is 14.6 Å². The lowest BCUT2D eigenvalue weighted by Crippen LogP contribution is -2.05. The third-order valence-electron chi connectivity index (χ3n) is 3.01. The lowest BCUT2D eigenvalue weighted by atomic mass is 10.0. The SMILES string of the molecule is O=C(Cc1cccc(Cl)c1F)c1cnn2ccncc12. The fourth-order valence-electron chi connectivity index (χ4n) is 2.00. The number of hydrogen-bond acceptors (Lipinski definition) is 3. The number of benzene rings is 1. The summed E-state index contributed by atoms with van der Waals surface area (Å²) in [6.07, 6.45) is 6.16. The zero-order chi connectivity index (χ0) is 14.1. The molecule has 0 bridgehead atoms. The standard InChI is InChI=1S/C14H9ClFN3O/c15-11-3-1-2-9(14(11)16)6-13(20)10-7-18-19-5-4-17-8-12(10)19/h1-5,7-8H,6H2. The fraction of sp³-hybridized carbons (Fsp3) is 0.0714. The molecule has 0 saturated carbocycles. The summed E-state index contributed by atoms with van der Waals surface area (Å²) in [4.78, 5) is 16.2. The highest BCUT2D eigenvalue weighted by Gasteiger charge is 2.16. The molecular weight excluding hydrogens is 281 g/mol. The Morgan fingerprint density at radius 3 is 3.05 bits per heavy atom. The second kappa shape index (κ2) is 5.02. The second-order valence-electron chi connectivity index (χ2n) is 4.28. The van der Waals surface area contributed by atoms with E-state index in [4.69, 9.17) is 11.6 Å². The van der Waals surface area contributed by atoms with Crippen molar-refractivity contribution in [2.45, 2.75) is 6.42 Å². The van der Waals surface area contributed by atoms with Crippen LogP contribution in [0.1, 0.15) is 15.9 Å². The number of nitrogens with zero attached hydrogens (tertiary/aromatic N) is 3. The van der Waals surface area contributed by atoms with Crippen LogP contribution in [0.4, 0.5) is 4.39 Å². The van der Waals surface area contributed by atoms with Gasteiger partial charge >= 0.3 is 0 Å². The number of aromatic nitrogens is 3. The molecule has 6 heteroatoms. The van der Waals surface area contributed by atoms with Gasteiger partial charge in [-0.2, -0.15) is 5.10 Å². The van der Waals surface area contributed by atoms with Gasteiger partial charge in [0.25, 0.3) is 0 Å². The van der Waals surface area contributed by atoms with Crippen molar-refractivity contribution in [3.63, 3.8) is 0 Å². The number of rotatable bonds is 3. The molecule has 0 saturated heterocycles. The van der Waals surface area contributed by atoms with Crippen LogP contribution >= 0.6 is 11.6 Å². The van der Waals surface area contributed by atoms with Crippen molar-refractivity contribution in [2.24, 2.45) is 0 Å². The summed E-state index contributed by atoms with van der Waals surface area (Å²) < 4.78 is 15.4. The van der Waals surface area contributed by atoms with Crippen LogP contribution in [0.3, 0.4) is 0 Å². The average Bonchev–Trinajstić information content (AvgIpc) is 2.88. The van der Waals surface area contributed by atoms with Crippen LogP contribution in [0.5, 0.6) is 0 Å². The van der Waals surface area contributed by atoms with Crippen molar-refractivity contribution in [3.05, 3.63) is 65.0 Å². The van der Waals surface area contributed by atoms with E-state index >= 15 is 0 Å². The minimum atomic E-state index is -0.558. The molecule has 3 aromatic rings. The van der Waals surface area contributed by atoms with Gasteiger partial charge in [-0.25, -0.2) is 8.91 Å². The van der Waals surface area contributed by atoms with Crippen LogP contribution in [0.15, 0.2) is 43.0 Å². The van der Waals surface area contributed by atoms with Gasteiger partial charge in [0.1, 0.15) is 5.82 Å². The molecule has 1 aromatic carbocycles. The number of carbonyl (C=O) groups excluding carboxylic acids is 1. The Kier molecular flexibility index (Phi) is 3.20. The average molecular weight is 290 g/mol. The Hall–Kier alpha value is -2.27. The van der Waals surface area contributed by atoms with Gasteiger partial charge in [0.05, 0.1) is 28.5 Å². The van der Waals surface area contributed by atoms with Crippen molar-refractivity contribution in [3.8, 4) is 0 Å². The molecule has 20 heavy (non-hydrogen) atoms. The van der Waals surface area contributed by atoms with Crippen LogP contribution in [-0.2, 0) is 6.42 Å². The highest BCUT2D eigenvalue weighted by Crippen LogP contribution is 2.20. The molecule has 100 valence electrons. The van der Waals surface area contributed by atoms with Gasteiger partial charge in [-0.05, 0) is 11.6 Å². The van der Waals surface area contributed by atoms with Gasteiger partial charge in [-0.15, -0.1) is 0 Å². The van der Waals surface area contributed by atoms with Gasteiger partial charge in [-0.3, -0.25) is 9.78 Å². The number of fused-ring (bicyclic) bond motifs is 1. The Bertz CT molecular complexity index is 800. The molecule has 0 amide bonds. The van der Waals surface area contributed by atoms with Crippen molar-refractivity contribution < 1.29 is 9.18 Å². The molecule has 0 unspecified atom stereocenters. The fourth-order valence-corrected chi connectivity index (χ4v) is 2.20. The molecule has 0 N–H and O–H groups in total. The quantitative estimate of drug-likeness (QED) is 0.697. The lowest BCUT2D eigenvalue weighted by molar-refractivity contribution is 0.0993. The predicted octanol–water partition coefficient (Wildman–Crippen LogP) is 2.95. The maximum atomic E-state index is 13.8. The third-order valence-corrected chi connectivity index (χ3v) is 3.30. The first-order valence-electron chi connectivity index (χ1n) is 5.90. The molecule has 3 rings (SSSR count). The summed E-state index contributed by atoms with van der Waals surface area (Å²) in [5.41, 5.74) is 1.28. The summed E-state index contributed by atoms with van der Waals surface area (Å²) in [5.74, 6) is -0.786. The predicted molar refractivity (Wildman–Crippen MR) is 72.4 cm³/mol. The number of hydrogen-bond donors (Lipinski definition) is 0. The van der Waals surface area contributed by atoms with Crippen LogP contribution in [0, 0.1) is 5.82 Å². The second-order valence-corrected chi connectivity index (χ2v) is 4.68. The number of carbonyl (C=O) groups is 1. The Morgan fingerprint density at radius 2 is 2.20 bits per heavy atom. The zero-order valence-electron chi connectivity index (χ0n) is 10.3. The normalized spacial score (nSPS) is 10.9. The molecule has 4 nitrogen and oxygen atoms in total. The highest BCUT2D eigenvalue weighted by atomic mass is 35.5. The Morgan fingerprint density at radius 1 is 1.35 bits per heavy atom. The molecule has 0 atom stereocenters. The molecule has 2 heterocycles. The molecule has 0 aliphatic carbocycles. The monoisotopic (exact) mass is 289 g/mol. The molecule has 0 radical (unpaired) electrons. The minimum Gasteiger partial charge on any atom is -0.294 e. The first-order chi connectivity index (χ1) is 9.66. The van der Waals surface area contributed by atoms with Gasteiger partial charge in [0.2, 0.25) is 0 Å². The third kappa shape index (κ3) is 2.16. The maximum absolute atomic E-state index is 13.8. The van der Waals surface area contributed by atoms with E-state index in [2.05, 4.69) is 10.1 Å². The molecule has 2 aromatic heterocycles. The summed E-state index contributed by atoms with van der Waals surface area (Å²) in [6, 6.07) is 4.61. The highest BCUT2D eigenvalue weighted by molar-refractivity contribution is 6.30. The van der Waals surface area contributed by atoms with Crippen LogP contribution < -0.4 is 0 Å². The van der Waals surface area contributed by atoms with E-state index in [1.54, 1.807) is 35.2 Å². The minimum absolute atomic E-state index is 0.0110. The van der Waals surface area contributed by atoms with E-state index in [0.29, 0.717) is 11.1 Å². The van der Waals surface area contributed by atoms with Gasteiger partial charge in [-0.1, -0.05) is 23.7 Å². The summed E-state index contributed by atoms with van der Waals surface area (Å²) in [7, 11) is 0.